The van der Waals surface area contributed by atoms with E-state index in [1.54, 1.807) is 13.2 Å². The number of nitrogens with zero attached hydrogens (tertiary/aromatic N) is 1. The molecule has 0 fully saturated rings. The summed E-state index contributed by atoms with van der Waals surface area (Å²) in [5.74, 6) is 0. The van der Waals surface area contributed by atoms with E-state index in [0.717, 1.165) is 0 Å². The van der Waals surface area contributed by atoms with Gasteiger partial charge in [0.1, 0.15) is 0 Å². The Balaban J connectivity index is -0.000000107. The van der Waals surface area contributed by atoms with E-state index in [2.05, 4.69) is 0 Å². The van der Waals surface area contributed by atoms with E-state index < -0.39 is 0 Å². The van der Waals surface area contributed by atoms with Crippen LogP contribution in [0, 0.1) is 11.3 Å². The lowest BCUT2D eigenvalue weighted by Gasteiger charge is -2.14. The van der Waals surface area contributed by atoms with E-state index >= 15 is 0 Å². The van der Waals surface area contributed by atoms with E-state index in [4.69, 9.17) is 10.00 Å². The summed E-state index contributed by atoms with van der Waals surface area (Å²) in [6.07, 6.45) is 0. The molecule has 0 aliphatic heterocycles. The van der Waals surface area contributed by atoms with E-state index in [1.807, 2.05) is 20.8 Å². The van der Waals surface area contributed by atoms with Gasteiger partial charge < -0.3 is 10.2 Å². The summed E-state index contributed by atoms with van der Waals surface area (Å²) in [5.41, 5.74) is 0.0417. The molecule has 10 heavy (non-hydrogen) atoms. The van der Waals surface area contributed by atoms with Crippen LogP contribution in [0.15, 0.2) is 0 Å². The Morgan fingerprint density at radius 2 is 1.40 bits per heavy atom. The number of hydrogen-bond acceptors (Lipinski definition) is 2. The van der Waals surface area contributed by atoms with Crippen molar-refractivity contribution in [2.45, 2.75) is 33.3 Å². The largest absolute Gasteiger partial charge is 0.412 e. The first-order valence-corrected chi connectivity index (χ1v) is 2.84. The minimum absolute atomic E-state index is 0. The predicted molar refractivity (Wildman–Crippen MR) is 41.7 cm³/mol. The van der Waals surface area contributed by atoms with Crippen LogP contribution >= 0.6 is 0 Å². The number of ether oxygens (including phenoxy) is 1. The monoisotopic (exact) mass is 147 g/mol. The summed E-state index contributed by atoms with van der Waals surface area (Å²) in [5, 5.41) is 7.32. The van der Waals surface area contributed by atoms with Crippen molar-refractivity contribution in [3.8, 4) is 6.07 Å². The van der Waals surface area contributed by atoms with Crippen LogP contribution in [0.1, 0.15) is 27.7 Å². The van der Waals surface area contributed by atoms with Crippen LogP contribution in [0.25, 0.3) is 0 Å². The van der Waals surface area contributed by atoms with Crippen LogP contribution in [0.5, 0.6) is 0 Å². The molecule has 3 nitrogen and oxygen atoms in total. The van der Waals surface area contributed by atoms with Gasteiger partial charge >= 0.3 is 0 Å². The first-order chi connectivity index (χ1) is 3.97. The van der Waals surface area contributed by atoms with E-state index in [1.165, 1.54) is 6.92 Å². The number of nitriles is 1. The molecule has 0 heterocycles. The zero-order valence-electron chi connectivity index (χ0n) is 7.36. The summed E-state index contributed by atoms with van der Waals surface area (Å²) in [6.45, 7) is 7.49. The van der Waals surface area contributed by atoms with Gasteiger partial charge in [-0.1, -0.05) is 0 Å². The number of hydrogen-bond donors (Lipinski definition) is 0. The highest BCUT2D eigenvalue weighted by Crippen LogP contribution is 2.02. The molecule has 0 unspecified atom stereocenters. The molecule has 0 rings (SSSR count). The second-order valence-corrected chi connectivity index (χ2v) is 2.54. The minimum Gasteiger partial charge on any atom is -0.412 e. The fourth-order valence-corrected chi connectivity index (χ4v) is 0. The van der Waals surface area contributed by atoms with Crippen molar-refractivity contribution in [2.75, 3.05) is 7.11 Å². The maximum atomic E-state index is 7.32. The molecule has 2 N–H and O–H groups in total. The number of rotatable bonds is 0. The number of methoxy groups -OCH3 is 1. The average Bonchev–Trinajstić information content (AvgIpc) is 1.67. The van der Waals surface area contributed by atoms with Crippen LogP contribution < -0.4 is 0 Å². The van der Waals surface area contributed by atoms with Crippen molar-refractivity contribution in [3.05, 3.63) is 0 Å². The maximum Gasteiger partial charge on any atom is 0.0594 e. The Morgan fingerprint density at radius 1 is 1.30 bits per heavy atom. The van der Waals surface area contributed by atoms with Crippen molar-refractivity contribution in [1.29, 1.82) is 5.26 Å². The third kappa shape index (κ3) is 52.4. The summed E-state index contributed by atoms with van der Waals surface area (Å²) >= 11 is 0. The van der Waals surface area contributed by atoms with Crippen LogP contribution in [-0.2, 0) is 4.74 Å². The molecular weight excluding hydrogens is 130 g/mol. The Hall–Kier alpha value is -0.590. The van der Waals surface area contributed by atoms with Crippen LogP contribution in [0.4, 0.5) is 0 Å². The summed E-state index contributed by atoms with van der Waals surface area (Å²) < 4.78 is 4.94. The Labute approximate surface area is 62.9 Å². The lowest BCUT2D eigenvalue weighted by Crippen LogP contribution is -2.15. The van der Waals surface area contributed by atoms with Gasteiger partial charge in [0, 0.05) is 14.0 Å². The highest BCUT2D eigenvalue weighted by Gasteiger charge is 2.03. The molecule has 0 aromatic rings. The molecule has 62 valence electrons. The lowest BCUT2D eigenvalue weighted by atomic mass is 10.2. The normalized spacial score (nSPS) is 8.00. The third-order valence-electron chi connectivity index (χ3n) is 0.612. The van der Waals surface area contributed by atoms with Gasteiger partial charge in [-0.25, -0.2) is 0 Å². The zero-order valence-corrected chi connectivity index (χ0v) is 7.36. The van der Waals surface area contributed by atoms with Crippen molar-refractivity contribution in [1.82, 2.24) is 0 Å². The fourth-order valence-electron chi connectivity index (χ4n) is 0. The van der Waals surface area contributed by atoms with Crippen molar-refractivity contribution < 1.29 is 10.2 Å². The standard InChI is InChI=1S/C5H12O.C2H3N.H2O/c1-5(2,3)6-4;1-2-3;/h1-4H3;1H3;1H2. The van der Waals surface area contributed by atoms with E-state index in [-0.39, 0.29) is 11.1 Å². The minimum atomic E-state index is 0. The fraction of sp³-hybridized carbons (Fsp3) is 0.857. The Bertz CT molecular complexity index is 88.8. The molecule has 0 radical (unpaired) electrons. The maximum absolute atomic E-state index is 7.32. The van der Waals surface area contributed by atoms with Gasteiger partial charge in [0.25, 0.3) is 0 Å². The van der Waals surface area contributed by atoms with E-state index in [0.29, 0.717) is 0 Å². The SMILES string of the molecule is CC#N.COC(C)(C)C.O. The van der Waals surface area contributed by atoms with Crippen LogP contribution in [-0.4, -0.2) is 18.2 Å². The molecule has 0 aliphatic rings. The molecule has 0 saturated carbocycles. The molecule has 0 spiro atoms. The summed E-state index contributed by atoms with van der Waals surface area (Å²) in [7, 11) is 1.71. The Morgan fingerprint density at radius 3 is 1.40 bits per heavy atom. The molecule has 0 saturated heterocycles. The van der Waals surface area contributed by atoms with Gasteiger partial charge in [0.2, 0.25) is 0 Å². The quantitative estimate of drug-likeness (QED) is 0.515. The first-order valence-electron chi connectivity index (χ1n) is 2.84. The smallest absolute Gasteiger partial charge is 0.0594 e. The van der Waals surface area contributed by atoms with Crippen LogP contribution in [0.3, 0.4) is 0 Å². The average molecular weight is 147 g/mol. The second kappa shape index (κ2) is 8.41. The highest BCUT2D eigenvalue weighted by molar-refractivity contribution is 4.55. The van der Waals surface area contributed by atoms with Crippen molar-refractivity contribution in [3.63, 3.8) is 0 Å². The predicted octanol–water partition coefficient (Wildman–Crippen LogP) is 1.14. The van der Waals surface area contributed by atoms with Gasteiger partial charge in [-0.15, -0.1) is 0 Å². The second-order valence-electron chi connectivity index (χ2n) is 2.54. The molecule has 0 bridgehead atoms. The molecule has 0 atom stereocenters. The molecular formula is C7H17NO2. The van der Waals surface area contributed by atoms with Crippen LogP contribution in [0.2, 0.25) is 0 Å². The van der Waals surface area contributed by atoms with E-state index in [9.17, 15) is 0 Å². The third-order valence-corrected chi connectivity index (χ3v) is 0.612. The summed E-state index contributed by atoms with van der Waals surface area (Å²) in [6, 6.07) is 1.75. The molecule has 0 amide bonds. The molecule has 0 aromatic carbocycles. The van der Waals surface area contributed by atoms with Gasteiger partial charge in [-0.3, -0.25) is 0 Å². The van der Waals surface area contributed by atoms with Crippen molar-refractivity contribution >= 4 is 0 Å². The molecule has 0 aromatic heterocycles. The lowest BCUT2D eigenvalue weighted by molar-refractivity contribution is 0.0397. The van der Waals surface area contributed by atoms with Gasteiger partial charge in [0.15, 0.2) is 0 Å². The van der Waals surface area contributed by atoms with Crippen molar-refractivity contribution in [2.24, 2.45) is 0 Å². The Kier molecular flexibility index (Phi) is 13.6. The van der Waals surface area contributed by atoms with Gasteiger partial charge in [0.05, 0.1) is 11.7 Å². The molecule has 3 heteroatoms. The van der Waals surface area contributed by atoms with Gasteiger partial charge in [-0.2, -0.15) is 5.26 Å². The zero-order chi connectivity index (χ0) is 7.91. The first kappa shape index (κ1) is 16.2. The summed E-state index contributed by atoms with van der Waals surface area (Å²) in [4.78, 5) is 0. The highest BCUT2D eigenvalue weighted by atomic mass is 16.5. The topological polar surface area (TPSA) is 64.5 Å². The molecule has 0 aliphatic carbocycles. The van der Waals surface area contributed by atoms with Gasteiger partial charge in [-0.05, 0) is 20.8 Å².